The molecule has 0 aliphatic rings. The third-order valence-electron chi connectivity index (χ3n) is 3.61. The van der Waals surface area contributed by atoms with Gasteiger partial charge >= 0.3 is 0 Å². The zero-order valence-electron chi connectivity index (χ0n) is 13.1. The molecule has 0 fully saturated rings. The zero-order valence-corrected chi connectivity index (χ0v) is 13.1. The van der Waals surface area contributed by atoms with Gasteiger partial charge in [-0.05, 0) is 49.7 Å². The van der Waals surface area contributed by atoms with Crippen molar-refractivity contribution in [2.75, 3.05) is 20.8 Å². The Morgan fingerprint density at radius 2 is 1.90 bits per heavy atom. The summed E-state index contributed by atoms with van der Waals surface area (Å²) in [4.78, 5) is 0. The summed E-state index contributed by atoms with van der Waals surface area (Å²) in [6, 6.07) is 10.3. The first-order chi connectivity index (χ1) is 10.3. The lowest BCUT2D eigenvalue weighted by Crippen LogP contribution is -2.18. The van der Waals surface area contributed by atoms with Gasteiger partial charge in [0.25, 0.3) is 0 Å². The lowest BCUT2D eigenvalue weighted by molar-refractivity contribution is 0.354. The number of hydrogen-bond acceptors (Lipinski definition) is 3. The first-order valence-electron chi connectivity index (χ1n) is 7.34. The Bertz CT molecular complexity index is 564. The Morgan fingerprint density at radius 3 is 2.62 bits per heavy atom. The van der Waals surface area contributed by atoms with Crippen molar-refractivity contribution in [1.82, 2.24) is 9.88 Å². The number of nitrogens with zero attached hydrogens (tertiary/aromatic N) is 1. The Balaban J connectivity index is 1.83. The van der Waals surface area contributed by atoms with E-state index in [0.29, 0.717) is 0 Å². The highest BCUT2D eigenvalue weighted by atomic mass is 16.5. The molecule has 0 aliphatic carbocycles. The van der Waals surface area contributed by atoms with Gasteiger partial charge < -0.3 is 19.4 Å². The largest absolute Gasteiger partial charge is 0.493 e. The van der Waals surface area contributed by atoms with Crippen LogP contribution >= 0.6 is 0 Å². The van der Waals surface area contributed by atoms with Gasteiger partial charge in [-0.1, -0.05) is 6.07 Å². The van der Waals surface area contributed by atoms with Gasteiger partial charge in [0.1, 0.15) is 0 Å². The molecule has 0 atom stereocenters. The topological polar surface area (TPSA) is 35.4 Å². The van der Waals surface area contributed by atoms with E-state index >= 15 is 0 Å². The molecule has 0 unspecified atom stereocenters. The second kappa shape index (κ2) is 7.74. The van der Waals surface area contributed by atoms with Crippen molar-refractivity contribution in [3.63, 3.8) is 0 Å². The standard InChI is InChI=1S/C17H24N2O2/c1-4-19-11-5-6-15(19)13-18-10-9-14-7-8-16(20-2)17(12-14)21-3/h5-8,11-12,18H,4,9-10,13H2,1-3H3. The highest BCUT2D eigenvalue weighted by Gasteiger charge is 2.04. The molecule has 1 aromatic heterocycles. The fourth-order valence-corrected chi connectivity index (χ4v) is 2.40. The number of methoxy groups -OCH3 is 2. The number of rotatable bonds is 8. The summed E-state index contributed by atoms with van der Waals surface area (Å²) in [5.74, 6) is 1.56. The Hall–Kier alpha value is -1.94. The molecular weight excluding hydrogens is 264 g/mol. The molecule has 1 N–H and O–H groups in total. The summed E-state index contributed by atoms with van der Waals surface area (Å²) >= 11 is 0. The predicted octanol–water partition coefficient (Wildman–Crippen LogP) is 2.86. The molecule has 21 heavy (non-hydrogen) atoms. The van der Waals surface area contributed by atoms with Gasteiger partial charge in [-0.25, -0.2) is 0 Å². The molecule has 0 saturated carbocycles. The predicted molar refractivity (Wildman–Crippen MR) is 85.1 cm³/mol. The summed E-state index contributed by atoms with van der Waals surface area (Å²) in [5.41, 5.74) is 2.57. The average molecular weight is 288 g/mol. The van der Waals surface area contributed by atoms with Gasteiger partial charge in [-0.15, -0.1) is 0 Å². The molecule has 4 nitrogen and oxygen atoms in total. The Morgan fingerprint density at radius 1 is 1.10 bits per heavy atom. The summed E-state index contributed by atoms with van der Waals surface area (Å²) in [7, 11) is 3.32. The van der Waals surface area contributed by atoms with E-state index in [2.05, 4.69) is 41.2 Å². The highest BCUT2D eigenvalue weighted by Crippen LogP contribution is 2.27. The van der Waals surface area contributed by atoms with Crippen LogP contribution in [0.15, 0.2) is 36.5 Å². The molecule has 114 valence electrons. The minimum atomic E-state index is 0.773. The van der Waals surface area contributed by atoms with E-state index < -0.39 is 0 Å². The number of ether oxygens (including phenoxy) is 2. The van der Waals surface area contributed by atoms with Crippen LogP contribution in [0.3, 0.4) is 0 Å². The molecule has 2 rings (SSSR count). The van der Waals surface area contributed by atoms with Crippen molar-refractivity contribution in [3.8, 4) is 11.5 Å². The normalized spacial score (nSPS) is 10.6. The second-order valence-corrected chi connectivity index (χ2v) is 4.90. The molecule has 0 aliphatic heterocycles. The second-order valence-electron chi connectivity index (χ2n) is 4.90. The quantitative estimate of drug-likeness (QED) is 0.759. The maximum Gasteiger partial charge on any atom is 0.160 e. The van der Waals surface area contributed by atoms with Gasteiger partial charge in [0.2, 0.25) is 0 Å². The summed E-state index contributed by atoms with van der Waals surface area (Å²) in [5, 5.41) is 3.48. The molecule has 0 spiro atoms. The Labute approximate surface area is 126 Å². The lowest BCUT2D eigenvalue weighted by atomic mass is 10.1. The fourth-order valence-electron chi connectivity index (χ4n) is 2.40. The van der Waals surface area contributed by atoms with Crippen LogP contribution in [0.5, 0.6) is 11.5 Å². The van der Waals surface area contributed by atoms with Gasteiger partial charge in [-0.2, -0.15) is 0 Å². The molecule has 0 amide bonds. The summed E-state index contributed by atoms with van der Waals surface area (Å²) in [6.07, 6.45) is 3.08. The molecule has 2 aromatic rings. The van der Waals surface area contributed by atoms with Crippen molar-refractivity contribution < 1.29 is 9.47 Å². The van der Waals surface area contributed by atoms with Crippen LogP contribution in [0, 0.1) is 0 Å². The maximum atomic E-state index is 5.32. The van der Waals surface area contributed by atoms with Crippen LogP contribution in [-0.2, 0) is 19.5 Å². The monoisotopic (exact) mass is 288 g/mol. The minimum Gasteiger partial charge on any atom is -0.493 e. The fraction of sp³-hybridized carbons (Fsp3) is 0.412. The number of aromatic nitrogens is 1. The van der Waals surface area contributed by atoms with E-state index in [1.54, 1.807) is 14.2 Å². The van der Waals surface area contributed by atoms with E-state index in [0.717, 1.165) is 37.6 Å². The molecule has 0 saturated heterocycles. The molecular formula is C17H24N2O2. The smallest absolute Gasteiger partial charge is 0.160 e. The van der Waals surface area contributed by atoms with E-state index in [4.69, 9.17) is 9.47 Å². The number of aryl methyl sites for hydroxylation is 1. The van der Waals surface area contributed by atoms with E-state index in [9.17, 15) is 0 Å². The molecule has 1 heterocycles. The summed E-state index contributed by atoms with van der Waals surface area (Å²) in [6.45, 7) is 5.01. The van der Waals surface area contributed by atoms with Crippen LogP contribution in [0.2, 0.25) is 0 Å². The zero-order chi connectivity index (χ0) is 15.1. The average Bonchev–Trinajstić information content (AvgIpc) is 2.98. The first-order valence-corrected chi connectivity index (χ1v) is 7.34. The first kappa shape index (κ1) is 15.4. The van der Waals surface area contributed by atoms with Gasteiger partial charge in [-0.3, -0.25) is 0 Å². The SMILES string of the molecule is CCn1cccc1CNCCc1ccc(OC)c(OC)c1. The molecule has 0 radical (unpaired) electrons. The number of hydrogen-bond donors (Lipinski definition) is 1. The van der Waals surface area contributed by atoms with Crippen molar-refractivity contribution in [1.29, 1.82) is 0 Å². The van der Waals surface area contributed by atoms with Gasteiger partial charge in [0.15, 0.2) is 11.5 Å². The van der Waals surface area contributed by atoms with Crippen LogP contribution in [0.25, 0.3) is 0 Å². The number of benzene rings is 1. The van der Waals surface area contributed by atoms with Crippen molar-refractivity contribution >= 4 is 0 Å². The van der Waals surface area contributed by atoms with Crippen LogP contribution < -0.4 is 14.8 Å². The minimum absolute atomic E-state index is 0.773. The molecule has 0 bridgehead atoms. The highest BCUT2D eigenvalue weighted by molar-refractivity contribution is 5.42. The van der Waals surface area contributed by atoms with Crippen LogP contribution in [0.1, 0.15) is 18.2 Å². The van der Waals surface area contributed by atoms with E-state index in [1.807, 2.05) is 12.1 Å². The molecule has 1 aromatic carbocycles. The summed E-state index contributed by atoms with van der Waals surface area (Å²) < 4.78 is 12.8. The van der Waals surface area contributed by atoms with E-state index in [1.165, 1.54) is 11.3 Å². The van der Waals surface area contributed by atoms with Gasteiger partial charge in [0.05, 0.1) is 14.2 Å². The third-order valence-corrected chi connectivity index (χ3v) is 3.61. The van der Waals surface area contributed by atoms with Crippen LogP contribution in [0.4, 0.5) is 0 Å². The van der Waals surface area contributed by atoms with Gasteiger partial charge in [0, 0.05) is 25.0 Å². The molecule has 4 heteroatoms. The van der Waals surface area contributed by atoms with Crippen molar-refractivity contribution in [2.45, 2.75) is 26.4 Å². The van der Waals surface area contributed by atoms with Crippen molar-refractivity contribution in [3.05, 3.63) is 47.8 Å². The lowest BCUT2D eigenvalue weighted by Gasteiger charge is -2.11. The van der Waals surface area contributed by atoms with Crippen molar-refractivity contribution in [2.24, 2.45) is 0 Å². The maximum absolute atomic E-state index is 5.32. The third kappa shape index (κ3) is 4.02. The van der Waals surface area contributed by atoms with E-state index in [-0.39, 0.29) is 0 Å². The number of nitrogens with one attached hydrogen (secondary N) is 1. The van der Waals surface area contributed by atoms with Crippen LogP contribution in [-0.4, -0.2) is 25.3 Å². The Kier molecular flexibility index (Phi) is 5.69.